The van der Waals surface area contributed by atoms with Crippen LogP contribution in [-0.2, 0) is 16.0 Å². The molecule has 2 aromatic rings. The van der Waals surface area contributed by atoms with Crippen molar-refractivity contribution in [1.82, 2.24) is 5.32 Å². The SMILES string of the molecule is COc1ccc(NC(=O)CNC(=O)CCc2ccc(C)cc2)cc1N. The fourth-order valence-corrected chi connectivity index (χ4v) is 2.30. The molecule has 0 aliphatic rings. The summed E-state index contributed by atoms with van der Waals surface area (Å²) < 4.78 is 5.06. The van der Waals surface area contributed by atoms with Crippen molar-refractivity contribution in [2.24, 2.45) is 0 Å². The molecule has 4 N–H and O–H groups in total. The second-order valence-corrected chi connectivity index (χ2v) is 5.77. The second kappa shape index (κ2) is 8.73. The number of ether oxygens (including phenoxy) is 1. The van der Waals surface area contributed by atoms with Crippen molar-refractivity contribution < 1.29 is 14.3 Å². The highest BCUT2D eigenvalue weighted by Gasteiger charge is 2.08. The van der Waals surface area contributed by atoms with Gasteiger partial charge < -0.3 is 21.1 Å². The zero-order valence-corrected chi connectivity index (χ0v) is 14.5. The Balaban J connectivity index is 1.74. The number of benzene rings is 2. The zero-order valence-electron chi connectivity index (χ0n) is 14.5. The Kier molecular flexibility index (Phi) is 6.39. The van der Waals surface area contributed by atoms with Crippen molar-refractivity contribution in [2.75, 3.05) is 24.7 Å². The van der Waals surface area contributed by atoms with E-state index in [2.05, 4.69) is 10.6 Å². The van der Waals surface area contributed by atoms with Crippen molar-refractivity contribution in [3.05, 3.63) is 53.6 Å². The highest BCUT2D eigenvalue weighted by atomic mass is 16.5. The van der Waals surface area contributed by atoms with E-state index in [1.165, 1.54) is 12.7 Å². The monoisotopic (exact) mass is 341 g/mol. The molecule has 6 nitrogen and oxygen atoms in total. The summed E-state index contributed by atoms with van der Waals surface area (Å²) in [4.78, 5) is 23.7. The number of hydrogen-bond donors (Lipinski definition) is 3. The Morgan fingerprint density at radius 2 is 1.80 bits per heavy atom. The topological polar surface area (TPSA) is 93.5 Å². The van der Waals surface area contributed by atoms with E-state index in [1.54, 1.807) is 18.2 Å². The molecular formula is C19H23N3O3. The first-order valence-corrected chi connectivity index (χ1v) is 8.03. The third-order valence-corrected chi connectivity index (χ3v) is 3.72. The number of hydrogen-bond acceptors (Lipinski definition) is 4. The highest BCUT2D eigenvalue weighted by Crippen LogP contribution is 2.24. The smallest absolute Gasteiger partial charge is 0.243 e. The Morgan fingerprint density at radius 1 is 1.08 bits per heavy atom. The molecule has 25 heavy (non-hydrogen) atoms. The van der Waals surface area contributed by atoms with Crippen LogP contribution in [0.2, 0.25) is 0 Å². The van der Waals surface area contributed by atoms with Crippen LogP contribution in [-0.4, -0.2) is 25.5 Å². The Morgan fingerprint density at radius 3 is 2.44 bits per heavy atom. The second-order valence-electron chi connectivity index (χ2n) is 5.77. The van der Waals surface area contributed by atoms with E-state index in [-0.39, 0.29) is 18.4 Å². The van der Waals surface area contributed by atoms with E-state index < -0.39 is 0 Å². The summed E-state index contributed by atoms with van der Waals surface area (Å²) in [6.45, 7) is 1.93. The van der Waals surface area contributed by atoms with Crippen molar-refractivity contribution in [3.8, 4) is 5.75 Å². The van der Waals surface area contributed by atoms with Crippen LogP contribution in [0.5, 0.6) is 5.75 Å². The molecule has 0 unspecified atom stereocenters. The summed E-state index contributed by atoms with van der Waals surface area (Å²) in [7, 11) is 1.52. The summed E-state index contributed by atoms with van der Waals surface area (Å²) in [5, 5.41) is 5.29. The quantitative estimate of drug-likeness (QED) is 0.674. The van der Waals surface area contributed by atoms with Crippen molar-refractivity contribution in [1.29, 1.82) is 0 Å². The number of aryl methyl sites for hydroxylation is 2. The number of amides is 2. The molecule has 0 radical (unpaired) electrons. The van der Waals surface area contributed by atoms with Crippen molar-refractivity contribution >= 4 is 23.2 Å². The number of rotatable bonds is 7. The van der Waals surface area contributed by atoms with E-state index in [1.807, 2.05) is 31.2 Å². The molecule has 0 aliphatic heterocycles. The highest BCUT2D eigenvalue weighted by molar-refractivity contribution is 5.95. The number of carbonyl (C=O) groups excluding carboxylic acids is 2. The maximum Gasteiger partial charge on any atom is 0.243 e. The summed E-state index contributed by atoms with van der Waals surface area (Å²) in [5.74, 6) is 0.0700. The molecule has 2 amide bonds. The number of anilines is 2. The molecule has 0 atom stereocenters. The Bertz CT molecular complexity index is 742. The molecule has 0 spiro atoms. The van der Waals surface area contributed by atoms with Gasteiger partial charge in [0.25, 0.3) is 0 Å². The first-order chi connectivity index (χ1) is 12.0. The lowest BCUT2D eigenvalue weighted by Crippen LogP contribution is -2.32. The predicted molar refractivity (Wildman–Crippen MR) is 98.5 cm³/mol. The lowest BCUT2D eigenvalue weighted by molar-refractivity contribution is -0.124. The molecule has 0 heterocycles. The molecule has 2 aromatic carbocycles. The summed E-state index contributed by atoms with van der Waals surface area (Å²) in [6.07, 6.45) is 0.981. The van der Waals surface area contributed by atoms with Crippen LogP contribution in [0.25, 0.3) is 0 Å². The maximum absolute atomic E-state index is 11.9. The zero-order chi connectivity index (χ0) is 18.2. The summed E-state index contributed by atoms with van der Waals surface area (Å²) in [5.41, 5.74) is 9.05. The van der Waals surface area contributed by atoms with Gasteiger partial charge in [-0.15, -0.1) is 0 Å². The van der Waals surface area contributed by atoms with Crippen LogP contribution in [0.3, 0.4) is 0 Å². The number of nitrogens with one attached hydrogen (secondary N) is 2. The maximum atomic E-state index is 11.9. The first-order valence-electron chi connectivity index (χ1n) is 8.03. The van der Waals surface area contributed by atoms with Gasteiger partial charge in [-0.2, -0.15) is 0 Å². The van der Waals surface area contributed by atoms with E-state index in [4.69, 9.17) is 10.5 Å². The van der Waals surface area contributed by atoms with Gasteiger partial charge in [-0.1, -0.05) is 29.8 Å². The van der Waals surface area contributed by atoms with Crippen molar-refractivity contribution in [3.63, 3.8) is 0 Å². The third-order valence-electron chi connectivity index (χ3n) is 3.72. The number of carbonyl (C=O) groups is 2. The molecule has 0 bridgehead atoms. The minimum Gasteiger partial charge on any atom is -0.495 e. The minimum atomic E-state index is -0.312. The number of nitrogen functional groups attached to an aromatic ring is 1. The molecule has 0 fully saturated rings. The van der Waals surface area contributed by atoms with Crippen LogP contribution in [0.15, 0.2) is 42.5 Å². The van der Waals surface area contributed by atoms with Gasteiger partial charge in [0.05, 0.1) is 19.3 Å². The van der Waals surface area contributed by atoms with Crippen LogP contribution in [0, 0.1) is 6.92 Å². The van der Waals surface area contributed by atoms with Crippen molar-refractivity contribution in [2.45, 2.75) is 19.8 Å². The number of nitrogens with two attached hydrogens (primary N) is 1. The van der Waals surface area contributed by atoms with Gasteiger partial charge in [-0.25, -0.2) is 0 Å². The Labute approximate surface area is 147 Å². The lowest BCUT2D eigenvalue weighted by atomic mass is 10.1. The average molecular weight is 341 g/mol. The molecule has 132 valence electrons. The fraction of sp³-hybridized carbons (Fsp3) is 0.263. The lowest BCUT2D eigenvalue weighted by Gasteiger charge is -2.09. The van der Waals surface area contributed by atoms with Gasteiger partial charge >= 0.3 is 0 Å². The molecule has 0 aliphatic carbocycles. The summed E-state index contributed by atoms with van der Waals surface area (Å²) in [6, 6.07) is 13.0. The van der Waals surface area contributed by atoms with Gasteiger partial charge in [-0.3, -0.25) is 9.59 Å². The summed E-state index contributed by atoms with van der Waals surface area (Å²) >= 11 is 0. The molecular weight excluding hydrogens is 318 g/mol. The van der Waals surface area contributed by atoms with Gasteiger partial charge in [0.1, 0.15) is 5.75 Å². The van der Waals surface area contributed by atoms with Gasteiger partial charge in [-0.05, 0) is 37.1 Å². The largest absolute Gasteiger partial charge is 0.495 e. The van der Waals surface area contributed by atoms with E-state index in [0.717, 1.165) is 5.56 Å². The standard InChI is InChI=1S/C19H23N3O3/c1-13-3-5-14(6-4-13)7-10-18(23)21-12-19(24)22-15-8-9-17(25-2)16(20)11-15/h3-6,8-9,11H,7,10,12,20H2,1-2H3,(H,21,23)(H,22,24). The van der Waals surface area contributed by atoms with E-state index >= 15 is 0 Å². The van der Waals surface area contributed by atoms with E-state index in [9.17, 15) is 9.59 Å². The molecule has 2 rings (SSSR count). The Hall–Kier alpha value is -3.02. The predicted octanol–water partition coefficient (Wildman–Crippen LogP) is 2.27. The molecule has 6 heteroatoms. The normalized spacial score (nSPS) is 10.2. The number of methoxy groups -OCH3 is 1. The first kappa shape index (κ1) is 18.3. The molecule has 0 saturated heterocycles. The van der Waals surface area contributed by atoms with Crippen LogP contribution in [0.4, 0.5) is 11.4 Å². The average Bonchev–Trinajstić information content (AvgIpc) is 2.59. The minimum absolute atomic E-state index is 0.0847. The molecule has 0 saturated carbocycles. The van der Waals surface area contributed by atoms with Crippen LogP contribution < -0.4 is 21.1 Å². The van der Waals surface area contributed by atoms with Gasteiger partial charge in [0, 0.05) is 12.1 Å². The van der Waals surface area contributed by atoms with Gasteiger partial charge in [0.15, 0.2) is 0 Å². The van der Waals surface area contributed by atoms with E-state index in [0.29, 0.717) is 30.0 Å². The van der Waals surface area contributed by atoms with Gasteiger partial charge in [0.2, 0.25) is 11.8 Å². The van der Waals surface area contributed by atoms with Crippen LogP contribution >= 0.6 is 0 Å². The molecule has 0 aromatic heterocycles. The third kappa shape index (κ3) is 5.84. The van der Waals surface area contributed by atoms with Crippen LogP contribution in [0.1, 0.15) is 17.5 Å². The fourth-order valence-electron chi connectivity index (χ4n) is 2.30.